The maximum Gasteiger partial charge on any atom is 0.416 e. The van der Waals surface area contributed by atoms with Crippen LogP contribution < -0.4 is 5.32 Å². The van der Waals surface area contributed by atoms with Crippen LogP contribution in [0.5, 0.6) is 0 Å². The number of carboxylic acids is 1. The molecular formula is C16H18F3NO3. The first-order valence-corrected chi connectivity index (χ1v) is 7.31. The van der Waals surface area contributed by atoms with Crippen molar-refractivity contribution in [3.8, 4) is 0 Å². The van der Waals surface area contributed by atoms with E-state index in [9.17, 15) is 22.8 Å². The van der Waals surface area contributed by atoms with Gasteiger partial charge in [-0.1, -0.05) is 25.1 Å². The summed E-state index contributed by atoms with van der Waals surface area (Å²) >= 11 is 0. The van der Waals surface area contributed by atoms with Crippen molar-refractivity contribution in [2.24, 2.45) is 5.92 Å². The number of carbonyl (C=O) groups is 2. The van der Waals surface area contributed by atoms with Gasteiger partial charge in [0.1, 0.15) is 5.54 Å². The second-order valence-electron chi connectivity index (χ2n) is 6.05. The minimum Gasteiger partial charge on any atom is -0.480 e. The summed E-state index contributed by atoms with van der Waals surface area (Å²) in [6, 6.07) is 4.91. The summed E-state index contributed by atoms with van der Waals surface area (Å²) in [5.74, 6) is -2.35. The fraction of sp³-hybridized carbons (Fsp3) is 0.500. The Kier molecular flexibility index (Phi) is 4.41. The lowest BCUT2D eigenvalue weighted by molar-refractivity contribution is -0.147. The molecule has 0 aromatic heterocycles. The Morgan fingerprint density at radius 1 is 1.35 bits per heavy atom. The summed E-state index contributed by atoms with van der Waals surface area (Å²) in [5, 5.41) is 11.6. The van der Waals surface area contributed by atoms with Gasteiger partial charge in [-0.05, 0) is 37.3 Å². The van der Waals surface area contributed by atoms with Crippen molar-refractivity contribution in [2.45, 2.75) is 44.3 Å². The standard InChI is InChI=1S/C16H18F3NO3/c1-3-15(2,14(22)23)20-13(21)12-8-11(12)9-5-4-6-10(7-9)16(17,18)19/h4-7,11-12H,3,8H2,1-2H3,(H,20,21)(H,22,23). The predicted molar refractivity (Wildman–Crippen MR) is 76.8 cm³/mol. The van der Waals surface area contributed by atoms with Crippen molar-refractivity contribution in [3.05, 3.63) is 35.4 Å². The molecule has 1 saturated carbocycles. The van der Waals surface area contributed by atoms with Crippen LogP contribution in [-0.4, -0.2) is 22.5 Å². The van der Waals surface area contributed by atoms with E-state index in [4.69, 9.17) is 5.11 Å². The largest absolute Gasteiger partial charge is 0.480 e. The molecule has 1 amide bonds. The summed E-state index contributed by atoms with van der Waals surface area (Å²) in [5.41, 5.74) is -1.66. The molecule has 1 aliphatic rings. The highest BCUT2D eigenvalue weighted by Crippen LogP contribution is 2.48. The monoisotopic (exact) mass is 329 g/mol. The van der Waals surface area contributed by atoms with Gasteiger partial charge in [-0.15, -0.1) is 0 Å². The van der Waals surface area contributed by atoms with E-state index in [2.05, 4.69) is 5.32 Å². The molecule has 7 heteroatoms. The quantitative estimate of drug-likeness (QED) is 0.872. The smallest absolute Gasteiger partial charge is 0.416 e. The minimum absolute atomic E-state index is 0.217. The zero-order valence-electron chi connectivity index (χ0n) is 12.8. The third-order valence-electron chi connectivity index (χ3n) is 4.35. The summed E-state index contributed by atoms with van der Waals surface area (Å²) in [4.78, 5) is 23.4. The number of halogens is 3. The first kappa shape index (κ1) is 17.3. The Morgan fingerprint density at radius 3 is 2.52 bits per heavy atom. The lowest BCUT2D eigenvalue weighted by Crippen LogP contribution is -2.52. The summed E-state index contributed by atoms with van der Waals surface area (Å²) in [7, 11) is 0. The number of carbonyl (C=O) groups excluding carboxylic acids is 1. The minimum atomic E-state index is -4.42. The summed E-state index contributed by atoms with van der Waals surface area (Å²) in [6.45, 7) is 3.06. The second kappa shape index (κ2) is 5.86. The Labute approximate surface area is 131 Å². The molecule has 0 aliphatic heterocycles. The number of aliphatic carboxylic acids is 1. The average Bonchev–Trinajstić information content (AvgIpc) is 3.26. The number of rotatable bonds is 5. The molecule has 3 atom stereocenters. The van der Waals surface area contributed by atoms with Crippen molar-refractivity contribution in [1.82, 2.24) is 5.32 Å². The summed E-state index contributed by atoms with van der Waals surface area (Å²) in [6.07, 6.45) is -3.78. The van der Waals surface area contributed by atoms with E-state index in [0.29, 0.717) is 12.0 Å². The van der Waals surface area contributed by atoms with E-state index in [1.165, 1.54) is 13.0 Å². The Balaban J connectivity index is 2.08. The number of nitrogens with one attached hydrogen (secondary N) is 1. The highest BCUT2D eigenvalue weighted by atomic mass is 19.4. The first-order chi connectivity index (χ1) is 10.6. The van der Waals surface area contributed by atoms with Crippen molar-refractivity contribution >= 4 is 11.9 Å². The molecule has 0 radical (unpaired) electrons. The number of carboxylic acid groups (broad SMARTS) is 1. The lowest BCUT2D eigenvalue weighted by atomic mass is 9.98. The van der Waals surface area contributed by atoms with E-state index < -0.39 is 35.1 Å². The van der Waals surface area contributed by atoms with Crippen LogP contribution in [0.1, 0.15) is 43.7 Å². The van der Waals surface area contributed by atoms with Gasteiger partial charge in [-0.2, -0.15) is 13.2 Å². The molecule has 0 spiro atoms. The van der Waals surface area contributed by atoms with Crippen molar-refractivity contribution in [3.63, 3.8) is 0 Å². The van der Waals surface area contributed by atoms with Crippen LogP contribution in [0.15, 0.2) is 24.3 Å². The van der Waals surface area contributed by atoms with Crippen LogP contribution in [0.4, 0.5) is 13.2 Å². The van der Waals surface area contributed by atoms with Crippen LogP contribution in [0.25, 0.3) is 0 Å². The zero-order valence-corrected chi connectivity index (χ0v) is 12.8. The fourth-order valence-corrected chi connectivity index (χ4v) is 2.46. The van der Waals surface area contributed by atoms with Gasteiger partial charge < -0.3 is 10.4 Å². The highest BCUT2D eigenvalue weighted by molar-refractivity contribution is 5.89. The number of benzene rings is 1. The molecule has 0 saturated heterocycles. The molecule has 3 unspecified atom stereocenters. The number of hydrogen-bond donors (Lipinski definition) is 2. The lowest BCUT2D eigenvalue weighted by Gasteiger charge is -2.24. The fourth-order valence-electron chi connectivity index (χ4n) is 2.46. The molecule has 23 heavy (non-hydrogen) atoms. The Morgan fingerprint density at radius 2 is 2.00 bits per heavy atom. The van der Waals surface area contributed by atoms with E-state index in [1.54, 1.807) is 13.0 Å². The van der Waals surface area contributed by atoms with Gasteiger partial charge >= 0.3 is 12.1 Å². The number of hydrogen-bond acceptors (Lipinski definition) is 2. The third-order valence-corrected chi connectivity index (χ3v) is 4.35. The van der Waals surface area contributed by atoms with E-state index >= 15 is 0 Å². The zero-order chi connectivity index (χ0) is 17.4. The van der Waals surface area contributed by atoms with Crippen molar-refractivity contribution in [2.75, 3.05) is 0 Å². The SMILES string of the molecule is CCC(C)(NC(=O)C1CC1c1cccc(C(F)(F)F)c1)C(=O)O. The average molecular weight is 329 g/mol. The van der Waals surface area contributed by atoms with Gasteiger partial charge in [0.05, 0.1) is 5.56 Å². The maximum atomic E-state index is 12.7. The van der Waals surface area contributed by atoms with Gasteiger partial charge in [0.15, 0.2) is 0 Å². The second-order valence-corrected chi connectivity index (χ2v) is 6.05. The van der Waals surface area contributed by atoms with Crippen LogP contribution in [0.2, 0.25) is 0 Å². The van der Waals surface area contributed by atoms with Gasteiger partial charge in [-0.3, -0.25) is 4.79 Å². The molecular weight excluding hydrogens is 311 g/mol. The topological polar surface area (TPSA) is 66.4 Å². The van der Waals surface area contributed by atoms with Crippen molar-refractivity contribution < 1.29 is 27.9 Å². The van der Waals surface area contributed by atoms with E-state index in [-0.39, 0.29) is 12.3 Å². The molecule has 2 rings (SSSR count). The highest BCUT2D eigenvalue weighted by Gasteiger charge is 2.47. The molecule has 4 nitrogen and oxygen atoms in total. The van der Waals surface area contributed by atoms with E-state index in [1.807, 2.05) is 0 Å². The molecule has 0 bridgehead atoms. The van der Waals surface area contributed by atoms with Crippen LogP contribution >= 0.6 is 0 Å². The van der Waals surface area contributed by atoms with E-state index in [0.717, 1.165) is 12.1 Å². The molecule has 1 aliphatic carbocycles. The predicted octanol–water partition coefficient (Wildman–Crippen LogP) is 3.18. The number of amides is 1. The Hall–Kier alpha value is -2.05. The van der Waals surface area contributed by atoms with Gasteiger partial charge in [0, 0.05) is 5.92 Å². The van der Waals surface area contributed by atoms with Crippen molar-refractivity contribution in [1.29, 1.82) is 0 Å². The Bertz CT molecular complexity index is 629. The molecule has 126 valence electrons. The molecule has 1 aromatic rings. The summed E-state index contributed by atoms with van der Waals surface area (Å²) < 4.78 is 38.2. The van der Waals surface area contributed by atoms with Crippen LogP contribution in [-0.2, 0) is 15.8 Å². The molecule has 2 N–H and O–H groups in total. The third kappa shape index (κ3) is 3.65. The normalized spacial score (nSPS) is 23.0. The van der Waals surface area contributed by atoms with Gasteiger partial charge in [-0.25, -0.2) is 4.79 Å². The molecule has 0 heterocycles. The first-order valence-electron chi connectivity index (χ1n) is 7.31. The van der Waals surface area contributed by atoms with Crippen LogP contribution in [0, 0.1) is 5.92 Å². The maximum absolute atomic E-state index is 12.7. The number of alkyl halides is 3. The van der Waals surface area contributed by atoms with Crippen LogP contribution in [0.3, 0.4) is 0 Å². The molecule has 1 fully saturated rings. The van der Waals surface area contributed by atoms with Gasteiger partial charge in [0.2, 0.25) is 5.91 Å². The van der Waals surface area contributed by atoms with Gasteiger partial charge in [0.25, 0.3) is 0 Å². The molecule has 1 aromatic carbocycles.